The van der Waals surface area contributed by atoms with Crippen molar-refractivity contribution in [3.63, 3.8) is 0 Å². The molecule has 1 N–H and O–H groups in total. The lowest BCUT2D eigenvalue weighted by molar-refractivity contribution is -0.137. The van der Waals surface area contributed by atoms with Crippen LogP contribution in [0.2, 0.25) is 5.15 Å². The second-order valence-corrected chi connectivity index (χ2v) is 12.6. The Bertz CT molecular complexity index is 1350. The SMILES string of the molecule is CC1(COc2cc(F)c(C(=O)NS(=O)(=O)C3CC3)cc2C2CC2)CN(c2cc(Cl)ncc2C(F)(F)F)C1. The van der Waals surface area contributed by atoms with Gasteiger partial charge in [0.15, 0.2) is 0 Å². The van der Waals surface area contributed by atoms with E-state index < -0.39 is 44.2 Å². The Kier molecular flexibility index (Phi) is 6.33. The van der Waals surface area contributed by atoms with E-state index in [2.05, 4.69) is 4.98 Å². The Morgan fingerprint density at radius 3 is 2.49 bits per heavy atom. The number of nitrogens with zero attached hydrogens (tertiary/aromatic N) is 2. The smallest absolute Gasteiger partial charge is 0.419 e. The monoisotopic (exact) mass is 561 g/mol. The number of nitrogens with one attached hydrogen (secondary N) is 1. The van der Waals surface area contributed by atoms with E-state index in [-0.39, 0.29) is 47.8 Å². The molecular weight excluding hydrogens is 538 g/mol. The van der Waals surface area contributed by atoms with Gasteiger partial charge in [-0.15, -0.1) is 0 Å². The average Bonchev–Trinajstić information content (AvgIpc) is 3.67. The van der Waals surface area contributed by atoms with Crippen molar-refractivity contribution in [1.82, 2.24) is 9.71 Å². The molecule has 3 aliphatic rings. The summed E-state index contributed by atoms with van der Waals surface area (Å²) >= 11 is 5.83. The van der Waals surface area contributed by atoms with Gasteiger partial charge in [0.05, 0.1) is 28.7 Å². The first kappa shape index (κ1) is 26.0. The molecule has 7 nitrogen and oxygen atoms in total. The van der Waals surface area contributed by atoms with E-state index in [0.29, 0.717) is 24.6 Å². The maximum atomic E-state index is 14.9. The molecule has 0 unspecified atom stereocenters. The zero-order chi connectivity index (χ0) is 26.8. The van der Waals surface area contributed by atoms with Crippen molar-refractivity contribution in [2.24, 2.45) is 5.41 Å². The van der Waals surface area contributed by atoms with Crippen LogP contribution in [-0.4, -0.2) is 44.3 Å². The van der Waals surface area contributed by atoms with Crippen LogP contribution in [0.15, 0.2) is 24.4 Å². The number of hydrogen-bond acceptors (Lipinski definition) is 6. The van der Waals surface area contributed by atoms with Crippen molar-refractivity contribution in [1.29, 1.82) is 0 Å². The normalized spacial score (nSPS) is 19.4. The Hall–Kier alpha value is -2.60. The third kappa shape index (κ3) is 5.50. The lowest BCUT2D eigenvalue weighted by Crippen LogP contribution is -2.58. The van der Waals surface area contributed by atoms with Crippen molar-refractivity contribution in [3.05, 3.63) is 52.1 Å². The number of hydrogen-bond donors (Lipinski definition) is 1. The fraction of sp³-hybridized carbons (Fsp3) is 0.500. The molecule has 200 valence electrons. The molecule has 37 heavy (non-hydrogen) atoms. The molecule has 1 aliphatic heterocycles. The molecular formula is C24H24ClF4N3O4S. The predicted octanol–water partition coefficient (Wildman–Crippen LogP) is 4.90. The van der Waals surface area contributed by atoms with E-state index in [4.69, 9.17) is 16.3 Å². The summed E-state index contributed by atoms with van der Waals surface area (Å²) in [6.07, 6.45) is -1.31. The zero-order valence-corrected chi connectivity index (χ0v) is 21.3. The first-order valence-corrected chi connectivity index (χ1v) is 13.7. The molecule has 1 amide bonds. The highest BCUT2D eigenvalue weighted by Crippen LogP contribution is 2.46. The maximum Gasteiger partial charge on any atom is 0.419 e. The molecule has 1 aromatic heterocycles. The fourth-order valence-corrected chi connectivity index (χ4v) is 5.96. The molecule has 3 fully saturated rings. The van der Waals surface area contributed by atoms with Gasteiger partial charge in [-0.1, -0.05) is 18.5 Å². The second-order valence-electron chi connectivity index (χ2n) is 10.3. The van der Waals surface area contributed by atoms with Crippen LogP contribution in [0.4, 0.5) is 23.2 Å². The first-order valence-electron chi connectivity index (χ1n) is 11.8. The number of carbonyl (C=O) groups excluding carboxylic acids is 1. The maximum absolute atomic E-state index is 14.9. The number of sulfonamides is 1. The van der Waals surface area contributed by atoms with Gasteiger partial charge in [-0.05, 0) is 49.3 Å². The summed E-state index contributed by atoms with van der Waals surface area (Å²) in [5.41, 5.74) is -1.23. The van der Waals surface area contributed by atoms with Crippen LogP contribution in [0, 0.1) is 11.2 Å². The van der Waals surface area contributed by atoms with Crippen LogP contribution in [0.3, 0.4) is 0 Å². The van der Waals surface area contributed by atoms with Crippen LogP contribution >= 0.6 is 11.6 Å². The standard InChI is InChI=1S/C24H24ClF4N3O4S/c1-23(10-32(11-23)19-8-21(25)30-9-17(19)24(27,28)29)12-36-20-7-18(26)16(6-15(20)13-2-3-13)22(33)31-37(34,35)14-4-5-14/h6-9,13-14H,2-5,10-12H2,1H3,(H,31,33). The summed E-state index contributed by atoms with van der Waals surface area (Å²) in [6, 6.07) is 3.60. The minimum absolute atomic E-state index is 0.0496. The highest BCUT2D eigenvalue weighted by Gasteiger charge is 2.44. The third-order valence-corrected chi connectivity index (χ3v) is 8.80. The van der Waals surface area contributed by atoms with Crippen LogP contribution in [0.5, 0.6) is 5.75 Å². The van der Waals surface area contributed by atoms with Crippen molar-refractivity contribution >= 4 is 33.2 Å². The van der Waals surface area contributed by atoms with E-state index in [9.17, 15) is 30.8 Å². The topological polar surface area (TPSA) is 88.6 Å². The van der Waals surface area contributed by atoms with Gasteiger partial charge in [-0.3, -0.25) is 4.79 Å². The molecule has 2 heterocycles. The molecule has 2 aromatic rings. The van der Waals surface area contributed by atoms with Crippen molar-refractivity contribution < 1.29 is 35.5 Å². The number of anilines is 1. The summed E-state index contributed by atoms with van der Waals surface area (Å²) in [5.74, 6) is -1.63. The van der Waals surface area contributed by atoms with Gasteiger partial charge in [-0.25, -0.2) is 22.5 Å². The Morgan fingerprint density at radius 1 is 1.22 bits per heavy atom. The van der Waals surface area contributed by atoms with Gasteiger partial charge in [0.2, 0.25) is 10.0 Å². The van der Waals surface area contributed by atoms with Crippen LogP contribution in [0.1, 0.15) is 60.0 Å². The van der Waals surface area contributed by atoms with Crippen LogP contribution < -0.4 is 14.4 Å². The molecule has 5 rings (SSSR count). The lowest BCUT2D eigenvalue weighted by atomic mass is 9.82. The summed E-state index contributed by atoms with van der Waals surface area (Å²) in [7, 11) is -3.83. The highest BCUT2D eigenvalue weighted by molar-refractivity contribution is 7.91. The Labute approximate surface area is 216 Å². The molecule has 1 saturated heterocycles. The van der Waals surface area contributed by atoms with Crippen molar-refractivity contribution in [3.8, 4) is 5.75 Å². The molecule has 1 aromatic carbocycles. The predicted molar refractivity (Wildman–Crippen MR) is 128 cm³/mol. The summed E-state index contributed by atoms with van der Waals surface area (Å²) in [6.45, 7) is 2.44. The number of alkyl halides is 3. The van der Waals surface area contributed by atoms with E-state index in [0.717, 1.165) is 18.9 Å². The van der Waals surface area contributed by atoms with Gasteiger partial charge >= 0.3 is 6.18 Å². The summed E-state index contributed by atoms with van der Waals surface area (Å²) < 4.78 is 87.2. The number of halogens is 5. The number of aromatic nitrogens is 1. The number of benzene rings is 1. The fourth-order valence-electron chi connectivity index (χ4n) is 4.52. The quantitative estimate of drug-likeness (QED) is 0.364. The van der Waals surface area contributed by atoms with Gasteiger partial charge in [-0.2, -0.15) is 13.2 Å². The Balaban J connectivity index is 1.29. The number of pyridine rings is 1. The molecule has 0 radical (unpaired) electrons. The summed E-state index contributed by atoms with van der Waals surface area (Å²) in [5, 5.41) is -0.672. The number of rotatable bonds is 8. The molecule has 13 heteroatoms. The number of carbonyl (C=O) groups is 1. The number of amides is 1. The second kappa shape index (κ2) is 9.00. The average molecular weight is 562 g/mol. The minimum atomic E-state index is -4.59. The molecule has 2 aliphatic carbocycles. The van der Waals surface area contributed by atoms with E-state index in [1.807, 2.05) is 11.6 Å². The van der Waals surface area contributed by atoms with E-state index in [1.165, 1.54) is 17.0 Å². The highest BCUT2D eigenvalue weighted by atomic mass is 35.5. The Morgan fingerprint density at radius 2 is 1.89 bits per heavy atom. The molecule has 2 saturated carbocycles. The van der Waals surface area contributed by atoms with Crippen LogP contribution in [0.25, 0.3) is 0 Å². The van der Waals surface area contributed by atoms with Crippen molar-refractivity contribution in [2.75, 3.05) is 24.6 Å². The summed E-state index contributed by atoms with van der Waals surface area (Å²) in [4.78, 5) is 17.6. The zero-order valence-electron chi connectivity index (χ0n) is 19.7. The van der Waals surface area contributed by atoms with Crippen molar-refractivity contribution in [2.45, 2.75) is 50.0 Å². The van der Waals surface area contributed by atoms with Crippen LogP contribution in [-0.2, 0) is 16.2 Å². The molecule has 0 spiro atoms. The van der Waals surface area contributed by atoms with Gasteiger partial charge in [0, 0.05) is 30.8 Å². The molecule has 0 bridgehead atoms. The van der Waals surface area contributed by atoms with Gasteiger partial charge < -0.3 is 9.64 Å². The van der Waals surface area contributed by atoms with Gasteiger partial charge in [0.1, 0.15) is 16.7 Å². The minimum Gasteiger partial charge on any atom is -0.492 e. The number of ether oxygens (including phenoxy) is 1. The lowest BCUT2D eigenvalue weighted by Gasteiger charge is -2.49. The van der Waals surface area contributed by atoms with E-state index in [1.54, 1.807) is 0 Å². The third-order valence-electron chi connectivity index (χ3n) is 6.78. The first-order chi connectivity index (χ1) is 17.3. The van der Waals surface area contributed by atoms with E-state index >= 15 is 0 Å². The largest absolute Gasteiger partial charge is 0.492 e. The van der Waals surface area contributed by atoms with Gasteiger partial charge in [0.25, 0.3) is 5.91 Å². The molecule has 0 atom stereocenters.